The molecule has 90 valence electrons. The van der Waals surface area contributed by atoms with Crippen LogP contribution < -0.4 is 16.2 Å². The molecule has 0 unspecified atom stereocenters. The van der Waals surface area contributed by atoms with Crippen LogP contribution in [0, 0.1) is 6.92 Å². The van der Waals surface area contributed by atoms with Crippen LogP contribution in [0.15, 0.2) is 29.1 Å². The monoisotopic (exact) mass is 233 g/mol. The molecule has 0 aliphatic rings. The van der Waals surface area contributed by atoms with E-state index in [1.54, 1.807) is 18.6 Å². The van der Waals surface area contributed by atoms with Crippen LogP contribution in [-0.2, 0) is 6.54 Å². The fraction of sp³-hybridized carbons (Fsp3) is 0.273. The van der Waals surface area contributed by atoms with Crippen molar-refractivity contribution in [3.05, 3.63) is 36.0 Å². The largest absolute Gasteiger partial charge is 0.472 e. The number of anilines is 2. The van der Waals surface area contributed by atoms with E-state index in [9.17, 15) is 0 Å². The van der Waals surface area contributed by atoms with Crippen LogP contribution in [-0.4, -0.2) is 17.0 Å². The minimum Gasteiger partial charge on any atom is -0.472 e. The summed E-state index contributed by atoms with van der Waals surface area (Å²) >= 11 is 0. The first-order valence-corrected chi connectivity index (χ1v) is 5.23. The number of hydrogen-bond donors (Lipinski definition) is 2. The van der Waals surface area contributed by atoms with Gasteiger partial charge in [-0.2, -0.15) is 0 Å². The molecule has 0 amide bonds. The second-order valence-corrected chi connectivity index (χ2v) is 3.79. The van der Waals surface area contributed by atoms with Crippen molar-refractivity contribution in [2.24, 2.45) is 5.84 Å². The van der Waals surface area contributed by atoms with E-state index < -0.39 is 0 Å². The molecular formula is C11H15N5O. The number of hydrazine groups is 1. The van der Waals surface area contributed by atoms with Crippen LogP contribution in [0.25, 0.3) is 0 Å². The Morgan fingerprint density at radius 2 is 2.29 bits per heavy atom. The molecule has 0 bridgehead atoms. The van der Waals surface area contributed by atoms with Crippen molar-refractivity contribution in [1.82, 2.24) is 9.97 Å². The minimum atomic E-state index is 0.603. The fourth-order valence-corrected chi connectivity index (χ4v) is 1.56. The average molecular weight is 233 g/mol. The van der Waals surface area contributed by atoms with E-state index in [2.05, 4.69) is 15.4 Å². The van der Waals surface area contributed by atoms with Crippen molar-refractivity contribution in [2.45, 2.75) is 13.5 Å². The van der Waals surface area contributed by atoms with Gasteiger partial charge in [-0.25, -0.2) is 15.8 Å². The van der Waals surface area contributed by atoms with Crippen LogP contribution in [0.3, 0.4) is 0 Å². The van der Waals surface area contributed by atoms with Crippen LogP contribution in [0.1, 0.15) is 11.4 Å². The number of rotatable bonds is 4. The van der Waals surface area contributed by atoms with E-state index in [1.807, 2.05) is 24.9 Å². The lowest BCUT2D eigenvalue weighted by atomic mass is 10.3. The Morgan fingerprint density at radius 3 is 2.94 bits per heavy atom. The molecule has 6 heteroatoms. The first-order chi connectivity index (χ1) is 8.19. The van der Waals surface area contributed by atoms with Gasteiger partial charge in [-0.05, 0) is 13.0 Å². The Morgan fingerprint density at radius 1 is 1.47 bits per heavy atom. The number of nitrogens with two attached hydrogens (primary N) is 1. The summed E-state index contributed by atoms with van der Waals surface area (Å²) in [5.41, 5.74) is 3.61. The Labute approximate surface area is 99.4 Å². The predicted octanol–water partition coefficient (Wildman–Crippen LogP) is 1.30. The van der Waals surface area contributed by atoms with E-state index in [-0.39, 0.29) is 0 Å². The van der Waals surface area contributed by atoms with E-state index in [1.165, 1.54) is 0 Å². The maximum Gasteiger partial charge on any atom is 0.145 e. The van der Waals surface area contributed by atoms with Crippen LogP contribution >= 0.6 is 0 Å². The third-order valence-electron chi connectivity index (χ3n) is 2.36. The number of nitrogens with one attached hydrogen (secondary N) is 1. The number of furan rings is 1. The van der Waals surface area contributed by atoms with E-state index >= 15 is 0 Å². The first-order valence-electron chi connectivity index (χ1n) is 5.23. The highest BCUT2D eigenvalue weighted by Crippen LogP contribution is 2.16. The van der Waals surface area contributed by atoms with Crippen molar-refractivity contribution in [3.63, 3.8) is 0 Å². The molecule has 2 aromatic rings. The second kappa shape index (κ2) is 4.84. The Hall–Kier alpha value is -2.08. The van der Waals surface area contributed by atoms with Gasteiger partial charge in [0.1, 0.15) is 17.5 Å². The molecule has 3 N–H and O–H groups in total. The summed E-state index contributed by atoms with van der Waals surface area (Å²) in [7, 11) is 1.95. The van der Waals surface area contributed by atoms with Crippen molar-refractivity contribution < 1.29 is 4.42 Å². The summed E-state index contributed by atoms with van der Waals surface area (Å²) in [5, 5.41) is 0. The summed E-state index contributed by atoms with van der Waals surface area (Å²) in [6, 6.07) is 3.72. The smallest absolute Gasteiger partial charge is 0.145 e. The van der Waals surface area contributed by atoms with Gasteiger partial charge in [0.05, 0.1) is 12.5 Å². The average Bonchev–Trinajstić information content (AvgIpc) is 2.81. The molecule has 0 aliphatic heterocycles. The molecule has 0 spiro atoms. The highest BCUT2D eigenvalue weighted by atomic mass is 16.3. The van der Waals surface area contributed by atoms with Crippen molar-refractivity contribution in [2.75, 3.05) is 17.4 Å². The molecule has 2 aromatic heterocycles. The van der Waals surface area contributed by atoms with Gasteiger partial charge in [-0.3, -0.25) is 0 Å². The number of aromatic nitrogens is 2. The number of nitrogens with zero attached hydrogens (tertiary/aromatic N) is 3. The second-order valence-electron chi connectivity index (χ2n) is 3.79. The van der Waals surface area contributed by atoms with Gasteiger partial charge in [0.25, 0.3) is 0 Å². The highest BCUT2D eigenvalue weighted by molar-refractivity contribution is 5.48. The lowest BCUT2D eigenvalue weighted by Crippen LogP contribution is -2.19. The zero-order valence-electron chi connectivity index (χ0n) is 9.84. The Bertz CT molecular complexity index is 483. The lowest BCUT2D eigenvalue weighted by molar-refractivity contribution is 0.563. The summed E-state index contributed by atoms with van der Waals surface area (Å²) in [6.07, 6.45) is 3.37. The van der Waals surface area contributed by atoms with Gasteiger partial charge >= 0.3 is 0 Å². The van der Waals surface area contributed by atoms with Crippen molar-refractivity contribution in [3.8, 4) is 0 Å². The van der Waals surface area contributed by atoms with Crippen LogP contribution in [0.5, 0.6) is 0 Å². The summed E-state index contributed by atoms with van der Waals surface area (Å²) in [4.78, 5) is 10.5. The number of nitrogen functional groups attached to an aromatic ring is 1. The van der Waals surface area contributed by atoms with E-state index in [0.717, 1.165) is 17.9 Å². The van der Waals surface area contributed by atoms with Gasteiger partial charge in [-0.15, -0.1) is 0 Å². The van der Waals surface area contributed by atoms with Gasteiger partial charge in [-0.1, -0.05) is 0 Å². The third-order valence-corrected chi connectivity index (χ3v) is 2.36. The molecule has 0 fully saturated rings. The Balaban J connectivity index is 2.18. The minimum absolute atomic E-state index is 0.603. The van der Waals surface area contributed by atoms with Gasteiger partial charge in [0.15, 0.2) is 0 Å². The molecule has 2 rings (SSSR count). The Kier molecular flexibility index (Phi) is 3.24. The molecule has 0 atom stereocenters. The third kappa shape index (κ3) is 2.73. The maximum atomic E-state index is 5.35. The molecule has 0 aromatic carbocycles. The molecule has 0 radical (unpaired) electrons. The number of hydrogen-bond acceptors (Lipinski definition) is 6. The zero-order chi connectivity index (χ0) is 12.3. The number of aryl methyl sites for hydroxylation is 1. The van der Waals surface area contributed by atoms with E-state index in [0.29, 0.717) is 11.6 Å². The molecule has 2 heterocycles. The maximum absolute atomic E-state index is 5.35. The first kappa shape index (κ1) is 11.4. The summed E-state index contributed by atoms with van der Waals surface area (Å²) in [6.45, 7) is 2.55. The normalized spacial score (nSPS) is 10.3. The SMILES string of the molecule is Cc1nc(NN)cc(N(C)Cc2ccoc2)n1. The lowest BCUT2D eigenvalue weighted by Gasteiger charge is -2.18. The molecule has 0 saturated heterocycles. The summed E-state index contributed by atoms with van der Waals surface area (Å²) in [5.74, 6) is 7.44. The van der Waals surface area contributed by atoms with E-state index in [4.69, 9.17) is 10.3 Å². The standard InChI is InChI=1S/C11H15N5O/c1-8-13-10(15-12)5-11(14-8)16(2)6-9-3-4-17-7-9/h3-5,7H,6,12H2,1-2H3,(H,13,14,15). The van der Waals surface area contributed by atoms with Crippen LogP contribution in [0.2, 0.25) is 0 Å². The van der Waals surface area contributed by atoms with Crippen molar-refractivity contribution >= 4 is 11.6 Å². The molecule has 6 nitrogen and oxygen atoms in total. The van der Waals surface area contributed by atoms with Gasteiger partial charge in [0.2, 0.25) is 0 Å². The summed E-state index contributed by atoms with van der Waals surface area (Å²) < 4.78 is 5.03. The zero-order valence-corrected chi connectivity index (χ0v) is 9.84. The molecular weight excluding hydrogens is 218 g/mol. The predicted molar refractivity (Wildman–Crippen MR) is 65.4 cm³/mol. The molecule has 17 heavy (non-hydrogen) atoms. The molecule has 0 aliphatic carbocycles. The quantitative estimate of drug-likeness (QED) is 0.612. The highest BCUT2D eigenvalue weighted by Gasteiger charge is 2.07. The van der Waals surface area contributed by atoms with Gasteiger partial charge < -0.3 is 14.7 Å². The van der Waals surface area contributed by atoms with Crippen molar-refractivity contribution in [1.29, 1.82) is 0 Å². The van der Waals surface area contributed by atoms with Gasteiger partial charge in [0, 0.05) is 25.2 Å². The fourth-order valence-electron chi connectivity index (χ4n) is 1.56. The van der Waals surface area contributed by atoms with Crippen LogP contribution in [0.4, 0.5) is 11.6 Å². The molecule has 0 saturated carbocycles. The topological polar surface area (TPSA) is 80.2 Å².